The SMILES string of the molecule is COc1cccc(C(C)(C)CC(=O)C(F)(F)F)c1. The fraction of sp³-hybridized carbons (Fsp3) is 0.462. The fourth-order valence-corrected chi connectivity index (χ4v) is 1.65. The zero-order chi connectivity index (χ0) is 14.0. The van der Waals surface area contributed by atoms with Gasteiger partial charge in [-0.15, -0.1) is 0 Å². The van der Waals surface area contributed by atoms with Gasteiger partial charge in [0.05, 0.1) is 7.11 Å². The third-order valence-corrected chi connectivity index (χ3v) is 2.77. The van der Waals surface area contributed by atoms with E-state index in [-0.39, 0.29) is 0 Å². The highest BCUT2D eigenvalue weighted by Crippen LogP contribution is 2.32. The Morgan fingerprint density at radius 3 is 2.39 bits per heavy atom. The summed E-state index contributed by atoms with van der Waals surface area (Å²) in [6.45, 7) is 3.21. The highest BCUT2D eigenvalue weighted by molar-refractivity contribution is 5.85. The van der Waals surface area contributed by atoms with Gasteiger partial charge in [-0.25, -0.2) is 0 Å². The van der Waals surface area contributed by atoms with E-state index in [1.165, 1.54) is 7.11 Å². The van der Waals surface area contributed by atoms with Gasteiger partial charge in [-0.3, -0.25) is 4.79 Å². The molecule has 0 amide bonds. The summed E-state index contributed by atoms with van der Waals surface area (Å²) in [6.07, 6.45) is -5.36. The van der Waals surface area contributed by atoms with Crippen molar-refractivity contribution in [3.63, 3.8) is 0 Å². The summed E-state index contributed by atoms with van der Waals surface area (Å²) in [5, 5.41) is 0. The number of benzene rings is 1. The minimum Gasteiger partial charge on any atom is -0.497 e. The van der Waals surface area contributed by atoms with Crippen molar-refractivity contribution in [2.24, 2.45) is 0 Å². The van der Waals surface area contributed by atoms with Crippen LogP contribution in [0.4, 0.5) is 13.2 Å². The van der Waals surface area contributed by atoms with Crippen LogP contribution in [0.2, 0.25) is 0 Å². The minimum atomic E-state index is -4.78. The molecular weight excluding hydrogens is 245 g/mol. The molecule has 0 atom stereocenters. The van der Waals surface area contributed by atoms with Crippen LogP contribution in [0.3, 0.4) is 0 Å². The summed E-state index contributed by atoms with van der Waals surface area (Å²) < 4.78 is 41.8. The lowest BCUT2D eigenvalue weighted by atomic mass is 9.80. The highest BCUT2D eigenvalue weighted by Gasteiger charge is 2.41. The number of Topliss-reactive ketones (excluding diaryl/α,β-unsaturated/α-hetero) is 1. The second-order valence-corrected chi connectivity index (χ2v) is 4.71. The standard InChI is InChI=1S/C13H15F3O2/c1-12(2,8-11(17)13(14,15)16)9-5-4-6-10(7-9)18-3/h4-7H,8H2,1-3H3. The Labute approximate surface area is 104 Å². The average Bonchev–Trinajstić information content (AvgIpc) is 2.27. The fourth-order valence-electron chi connectivity index (χ4n) is 1.65. The molecule has 1 rings (SSSR count). The molecule has 2 nitrogen and oxygen atoms in total. The first-order chi connectivity index (χ1) is 8.16. The number of halogens is 3. The van der Waals surface area contributed by atoms with E-state index in [9.17, 15) is 18.0 Å². The smallest absolute Gasteiger partial charge is 0.450 e. The van der Waals surface area contributed by atoms with Crippen molar-refractivity contribution in [1.29, 1.82) is 0 Å². The first-order valence-electron chi connectivity index (χ1n) is 5.41. The van der Waals surface area contributed by atoms with Gasteiger partial charge >= 0.3 is 6.18 Å². The van der Waals surface area contributed by atoms with E-state index in [4.69, 9.17) is 4.74 Å². The largest absolute Gasteiger partial charge is 0.497 e. The molecule has 18 heavy (non-hydrogen) atoms. The van der Waals surface area contributed by atoms with Gasteiger partial charge < -0.3 is 4.74 Å². The van der Waals surface area contributed by atoms with Gasteiger partial charge in [0.25, 0.3) is 0 Å². The molecule has 0 aliphatic heterocycles. The molecular formula is C13H15F3O2. The zero-order valence-corrected chi connectivity index (χ0v) is 10.5. The Bertz CT molecular complexity index is 436. The van der Waals surface area contributed by atoms with Crippen molar-refractivity contribution in [3.05, 3.63) is 29.8 Å². The molecule has 0 spiro atoms. The Morgan fingerprint density at radius 1 is 1.28 bits per heavy atom. The molecule has 0 saturated heterocycles. The monoisotopic (exact) mass is 260 g/mol. The summed E-state index contributed by atoms with van der Waals surface area (Å²) in [4.78, 5) is 11.1. The second-order valence-electron chi connectivity index (χ2n) is 4.71. The number of alkyl halides is 3. The summed E-state index contributed by atoms with van der Waals surface area (Å²) in [5.41, 5.74) is -0.249. The van der Waals surface area contributed by atoms with Crippen molar-refractivity contribution in [3.8, 4) is 5.75 Å². The number of hydrogen-bond donors (Lipinski definition) is 0. The Kier molecular flexibility index (Phi) is 4.04. The predicted octanol–water partition coefficient (Wildman–Crippen LogP) is 3.49. The molecule has 0 heterocycles. The Balaban J connectivity index is 2.95. The third kappa shape index (κ3) is 3.48. The number of methoxy groups -OCH3 is 1. The molecule has 100 valence electrons. The molecule has 1 aromatic rings. The van der Waals surface area contributed by atoms with Crippen molar-refractivity contribution in [2.45, 2.75) is 31.9 Å². The zero-order valence-electron chi connectivity index (χ0n) is 10.5. The van der Waals surface area contributed by atoms with E-state index in [1.54, 1.807) is 38.1 Å². The molecule has 0 aromatic heterocycles. The predicted molar refractivity (Wildman–Crippen MR) is 61.7 cm³/mol. The Morgan fingerprint density at radius 2 is 1.89 bits per heavy atom. The van der Waals surface area contributed by atoms with Gasteiger partial charge in [0.2, 0.25) is 5.78 Å². The van der Waals surface area contributed by atoms with Crippen LogP contribution in [0.5, 0.6) is 5.75 Å². The molecule has 1 aromatic carbocycles. The van der Waals surface area contributed by atoms with Crippen LogP contribution < -0.4 is 4.74 Å². The molecule has 0 N–H and O–H groups in total. The number of ketones is 1. The van der Waals surface area contributed by atoms with Gasteiger partial charge in [-0.2, -0.15) is 13.2 Å². The first-order valence-corrected chi connectivity index (χ1v) is 5.41. The molecule has 0 fully saturated rings. The van der Waals surface area contributed by atoms with E-state index in [0.29, 0.717) is 11.3 Å². The molecule has 0 bridgehead atoms. The third-order valence-electron chi connectivity index (χ3n) is 2.77. The molecule has 0 radical (unpaired) electrons. The van der Waals surface area contributed by atoms with Crippen LogP contribution >= 0.6 is 0 Å². The van der Waals surface area contributed by atoms with E-state index in [2.05, 4.69) is 0 Å². The van der Waals surface area contributed by atoms with Crippen molar-refractivity contribution >= 4 is 5.78 Å². The lowest BCUT2D eigenvalue weighted by Gasteiger charge is -2.25. The quantitative estimate of drug-likeness (QED) is 0.828. The minimum absolute atomic E-state index is 0.556. The molecule has 5 heteroatoms. The number of hydrogen-bond acceptors (Lipinski definition) is 2. The number of carbonyl (C=O) groups excluding carboxylic acids is 1. The lowest BCUT2D eigenvalue weighted by Crippen LogP contribution is -2.30. The lowest BCUT2D eigenvalue weighted by molar-refractivity contribution is -0.172. The van der Waals surface area contributed by atoms with Gasteiger partial charge in [-0.05, 0) is 23.1 Å². The molecule has 0 aliphatic rings. The highest BCUT2D eigenvalue weighted by atomic mass is 19.4. The number of rotatable bonds is 4. The molecule has 0 aliphatic carbocycles. The van der Waals surface area contributed by atoms with Crippen molar-refractivity contribution in [1.82, 2.24) is 0 Å². The average molecular weight is 260 g/mol. The molecule has 0 saturated carbocycles. The van der Waals surface area contributed by atoms with E-state index in [1.807, 2.05) is 0 Å². The van der Waals surface area contributed by atoms with Crippen LogP contribution in [0, 0.1) is 0 Å². The van der Waals surface area contributed by atoms with Crippen LogP contribution in [-0.4, -0.2) is 19.1 Å². The second kappa shape index (κ2) is 5.00. The van der Waals surface area contributed by atoms with Gasteiger partial charge in [0.15, 0.2) is 0 Å². The first kappa shape index (κ1) is 14.5. The van der Waals surface area contributed by atoms with Gasteiger partial charge in [-0.1, -0.05) is 26.0 Å². The maximum atomic E-state index is 12.3. The normalized spacial score (nSPS) is 12.3. The summed E-state index contributed by atoms with van der Waals surface area (Å²) in [7, 11) is 1.48. The van der Waals surface area contributed by atoms with E-state index in [0.717, 1.165) is 0 Å². The van der Waals surface area contributed by atoms with Gasteiger partial charge in [0.1, 0.15) is 5.75 Å². The maximum absolute atomic E-state index is 12.3. The summed E-state index contributed by atoms with van der Waals surface area (Å²) in [6, 6.07) is 6.72. The van der Waals surface area contributed by atoms with Crippen molar-refractivity contribution in [2.75, 3.05) is 7.11 Å². The topological polar surface area (TPSA) is 26.3 Å². The van der Waals surface area contributed by atoms with Crippen LogP contribution in [0.15, 0.2) is 24.3 Å². The summed E-state index contributed by atoms with van der Waals surface area (Å²) in [5.74, 6) is -1.16. The van der Waals surface area contributed by atoms with Crippen LogP contribution in [0.25, 0.3) is 0 Å². The number of ether oxygens (including phenoxy) is 1. The van der Waals surface area contributed by atoms with E-state index < -0.39 is 23.8 Å². The van der Waals surface area contributed by atoms with E-state index >= 15 is 0 Å². The van der Waals surface area contributed by atoms with Crippen molar-refractivity contribution < 1.29 is 22.7 Å². The van der Waals surface area contributed by atoms with Crippen LogP contribution in [0.1, 0.15) is 25.8 Å². The van der Waals surface area contributed by atoms with Crippen LogP contribution in [-0.2, 0) is 10.2 Å². The van der Waals surface area contributed by atoms with Gasteiger partial charge in [0, 0.05) is 6.42 Å². The maximum Gasteiger partial charge on any atom is 0.450 e. The number of carbonyl (C=O) groups is 1. The molecule has 0 unspecified atom stereocenters. The summed E-state index contributed by atoms with van der Waals surface area (Å²) >= 11 is 0. The Hall–Kier alpha value is -1.52.